The molecule has 0 radical (unpaired) electrons. The molecule has 0 aliphatic rings. The first-order valence-corrected chi connectivity index (χ1v) is 12.1. The summed E-state index contributed by atoms with van der Waals surface area (Å²) in [5.41, 5.74) is 2.71. The zero-order valence-electron chi connectivity index (χ0n) is 17.3. The summed E-state index contributed by atoms with van der Waals surface area (Å²) in [7, 11) is -3.73. The van der Waals surface area contributed by atoms with Crippen molar-refractivity contribution in [2.45, 2.75) is 31.7 Å². The van der Waals surface area contributed by atoms with E-state index in [4.69, 9.17) is 4.52 Å². The van der Waals surface area contributed by atoms with Crippen LogP contribution in [0.1, 0.15) is 30.8 Å². The maximum absolute atomic E-state index is 12.8. The van der Waals surface area contributed by atoms with E-state index in [0.29, 0.717) is 5.82 Å². The van der Waals surface area contributed by atoms with E-state index < -0.39 is 16.1 Å². The molecule has 0 unspecified atom stereocenters. The lowest BCUT2D eigenvalue weighted by atomic mass is 10.1. The molecule has 0 spiro atoms. The van der Waals surface area contributed by atoms with E-state index in [9.17, 15) is 8.42 Å². The molecular weight excluding hydrogens is 432 g/mol. The van der Waals surface area contributed by atoms with Crippen molar-refractivity contribution in [3.05, 3.63) is 70.9 Å². The van der Waals surface area contributed by atoms with E-state index in [0.717, 1.165) is 21.8 Å². The van der Waals surface area contributed by atoms with E-state index in [1.54, 1.807) is 41.7 Å². The van der Waals surface area contributed by atoms with Gasteiger partial charge in [-0.3, -0.25) is 0 Å². The average molecular weight is 455 g/mol. The van der Waals surface area contributed by atoms with Gasteiger partial charge in [-0.1, -0.05) is 61.5 Å². The summed E-state index contributed by atoms with van der Waals surface area (Å²) < 4.78 is 33.7. The molecule has 0 amide bonds. The van der Waals surface area contributed by atoms with Crippen molar-refractivity contribution in [2.75, 3.05) is 0 Å². The van der Waals surface area contributed by atoms with Crippen molar-refractivity contribution >= 4 is 21.4 Å². The van der Waals surface area contributed by atoms with Gasteiger partial charge in [0.15, 0.2) is 0 Å². The zero-order valence-corrected chi connectivity index (χ0v) is 18.9. The predicted octanol–water partition coefficient (Wildman–Crippen LogP) is 4.84. The number of sulfonamides is 1. The molecular formula is C22H22N4O3S2. The van der Waals surface area contributed by atoms with E-state index in [1.807, 2.05) is 50.4 Å². The second-order valence-corrected chi connectivity index (χ2v) is 10.2. The van der Waals surface area contributed by atoms with Gasteiger partial charge in [0, 0.05) is 16.5 Å². The molecule has 2 aromatic heterocycles. The molecule has 9 heteroatoms. The molecule has 160 valence electrons. The second-order valence-electron chi connectivity index (χ2n) is 7.44. The predicted molar refractivity (Wildman–Crippen MR) is 120 cm³/mol. The van der Waals surface area contributed by atoms with Gasteiger partial charge in [0.25, 0.3) is 0 Å². The SMILES string of the molecule is Cc1nc(-c2ccc(-c3noc([C@H](NS(=O)(=O)c4ccccc4)C(C)C)n3)cc2)cs1. The average Bonchev–Trinajstić information content (AvgIpc) is 3.42. The first-order chi connectivity index (χ1) is 14.8. The van der Waals surface area contributed by atoms with Crippen LogP contribution in [0.4, 0.5) is 0 Å². The third kappa shape index (κ3) is 4.73. The van der Waals surface area contributed by atoms with E-state index >= 15 is 0 Å². The van der Waals surface area contributed by atoms with Crippen LogP contribution in [0.2, 0.25) is 0 Å². The summed E-state index contributed by atoms with van der Waals surface area (Å²) in [5.74, 6) is 0.534. The van der Waals surface area contributed by atoms with Crippen LogP contribution in [0.15, 0.2) is 69.4 Å². The van der Waals surface area contributed by atoms with Gasteiger partial charge in [0.2, 0.25) is 21.7 Å². The number of thiazole rings is 1. The minimum Gasteiger partial charge on any atom is -0.337 e. The summed E-state index contributed by atoms with van der Waals surface area (Å²) >= 11 is 1.60. The summed E-state index contributed by atoms with van der Waals surface area (Å²) in [6, 6.07) is 15.3. The van der Waals surface area contributed by atoms with Gasteiger partial charge in [-0.2, -0.15) is 9.71 Å². The van der Waals surface area contributed by atoms with Crippen molar-refractivity contribution < 1.29 is 12.9 Å². The number of hydrogen-bond donors (Lipinski definition) is 1. The van der Waals surface area contributed by atoms with Gasteiger partial charge in [0.05, 0.1) is 15.6 Å². The lowest BCUT2D eigenvalue weighted by molar-refractivity contribution is 0.311. The lowest BCUT2D eigenvalue weighted by Gasteiger charge is -2.18. The van der Waals surface area contributed by atoms with Crippen LogP contribution in [0, 0.1) is 12.8 Å². The fraction of sp³-hybridized carbons (Fsp3) is 0.227. The monoisotopic (exact) mass is 454 g/mol. The van der Waals surface area contributed by atoms with Crippen LogP contribution in [-0.2, 0) is 10.0 Å². The van der Waals surface area contributed by atoms with E-state index in [-0.39, 0.29) is 16.7 Å². The van der Waals surface area contributed by atoms with Crippen LogP contribution in [0.5, 0.6) is 0 Å². The molecule has 1 atom stereocenters. The Kier molecular flexibility index (Phi) is 5.99. The van der Waals surface area contributed by atoms with Crippen LogP contribution < -0.4 is 4.72 Å². The number of aromatic nitrogens is 3. The number of rotatable bonds is 7. The maximum atomic E-state index is 12.8. The second kappa shape index (κ2) is 8.70. The van der Waals surface area contributed by atoms with Gasteiger partial charge in [-0.05, 0) is 25.0 Å². The highest BCUT2D eigenvalue weighted by Gasteiger charge is 2.28. The molecule has 0 saturated heterocycles. The number of nitrogens with zero attached hydrogens (tertiary/aromatic N) is 3. The fourth-order valence-corrected chi connectivity index (χ4v) is 5.05. The quantitative estimate of drug-likeness (QED) is 0.429. The highest BCUT2D eigenvalue weighted by Crippen LogP contribution is 2.27. The minimum absolute atomic E-state index is 0.0953. The third-order valence-corrected chi connectivity index (χ3v) is 7.00. The van der Waals surface area contributed by atoms with E-state index in [2.05, 4.69) is 19.8 Å². The zero-order chi connectivity index (χ0) is 22.0. The summed E-state index contributed by atoms with van der Waals surface area (Å²) in [6.07, 6.45) is 0. The molecule has 0 saturated carbocycles. The number of benzene rings is 2. The van der Waals surface area contributed by atoms with Crippen molar-refractivity contribution in [3.8, 4) is 22.6 Å². The molecule has 0 aliphatic carbocycles. The van der Waals surface area contributed by atoms with E-state index in [1.165, 1.54) is 0 Å². The Morgan fingerprint density at radius 1 is 0.968 bits per heavy atom. The number of nitrogens with one attached hydrogen (secondary N) is 1. The smallest absolute Gasteiger partial charge is 0.245 e. The molecule has 0 aliphatic heterocycles. The standard InChI is InChI=1S/C22H22N4O3S2/c1-14(2)20(26-31(27,28)18-7-5-4-6-8-18)22-24-21(25-29-22)17-11-9-16(10-12-17)19-13-30-15(3)23-19/h4-14,20,26H,1-3H3/t20-/m1/s1. The van der Waals surface area contributed by atoms with Crippen molar-refractivity contribution in [3.63, 3.8) is 0 Å². The number of hydrogen-bond acceptors (Lipinski definition) is 7. The highest BCUT2D eigenvalue weighted by atomic mass is 32.2. The van der Waals surface area contributed by atoms with Crippen LogP contribution in [0.3, 0.4) is 0 Å². The Morgan fingerprint density at radius 3 is 2.26 bits per heavy atom. The summed E-state index contributed by atoms with van der Waals surface area (Å²) in [6.45, 7) is 5.76. The Hall–Kier alpha value is -2.88. The van der Waals surface area contributed by atoms with Gasteiger partial charge in [0.1, 0.15) is 6.04 Å². The minimum atomic E-state index is -3.73. The Balaban J connectivity index is 1.57. The fourth-order valence-electron chi connectivity index (χ4n) is 3.07. The van der Waals surface area contributed by atoms with Crippen molar-refractivity contribution in [2.24, 2.45) is 5.92 Å². The lowest BCUT2D eigenvalue weighted by Crippen LogP contribution is -2.32. The van der Waals surface area contributed by atoms with Gasteiger partial charge >= 0.3 is 0 Å². The third-order valence-electron chi connectivity index (χ3n) is 4.77. The molecule has 4 aromatic rings. The summed E-state index contributed by atoms with van der Waals surface area (Å²) in [4.78, 5) is 9.15. The molecule has 0 fully saturated rings. The number of aryl methyl sites for hydroxylation is 1. The normalized spacial score (nSPS) is 12.9. The first kappa shape index (κ1) is 21.4. The van der Waals surface area contributed by atoms with Crippen LogP contribution in [-0.4, -0.2) is 23.5 Å². The van der Waals surface area contributed by atoms with Gasteiger partial charge < -0.3 is 4.52 Å². The molecule has 4 rings (SSSR count). The molecule has 31 heavy (non-hydrogen) atoms. The highest BCUT2D eigenvalue weighted by molar-refractivity contribution is 7.89. The van der Waals surface area contributed by atoms with Crippen molar-refractivity contribution in [1.82, 2.24) is 19.8 Å². The molecule has 2 heterocycles. The molecule has 1 N–H and O–H groups in total. The maximum Gasteiger partial charge on any atom is 0.245 e. The Labute approximate surface area is 185 Å². The van der Waals surface area contributed by atoms with Crippen molar-refractivity contribution in [1.29, 1.82) is 0 Å². The molecule has 7 nitrogen and oxygen atoms in total. The van der Waals surface area contributed by atoms with Crippen LogP contribution in [0.25, 0.3) is 22.6 Å². The largest absolute Gasteiger partial charge is 0.337 e. The first-order valence-electron chi connectivity index (χ1n) is 9.77. The Bertz CT molecular complexity index is 1260. The molecule has 0 bridgehead atoms. The van der Waals surface area contributed by atoms with Gasteiger partial charge in [-0.15, -0.1) is 11.3 Å². The molecule has 2 aromatic carbocycles. The van der Waals surface area contributed by atoms with Crippen LogP contribution >= 0.6 is 11.3 Å². The topological polar surface area (TPSA) is 98.0 Å². The summed E-state index contributed by atoms with van der Waals surface area (Å²) in [5, 5.41) is 7.09. The van der Waals surface area contributed by atoms with Gasteiger partial charge in [-0.25, -0.2) is 13.4 Å². The Morgan fingerprint density at radius 2 is 1.65 bits per heavy atom.